The van der Waals surface area contributed by atoms with Crippen LogP contribution in [0.25, 0.3) is 0 Å². The Morgan fingerprint density at radius 1 is 1.38 bits per heavy atom. The third-order valence-corrected chi connectivity index (χ3v) is 3.19. The van der Waals surface area contributed by atoms with Crippen molar-refractivity contribution in [2.24, 2.45) is 5.73 Å². The maximum atomic E-state index is 11.9. The standard InChI is InChI=1S/C13H19NO2/c1-8(2)13-12(10(15)7-14)9-5-3-4-6-11(9)16-13/h8H,3-7,14H2,1-2H3. The van der Waals surface area contributed by atoms with E-state index < -0.39 is 0 Å². The molecule has 1 aliphatic rings. The SMILES string of the molecule is CC(C)c1oc2c(c1C(=O)CN)CCCC2. The zero-order chi connectivity index (χ0) is 11.7. The van der Waals surface area contributed by atoms with E-state index in [9.17, 15) is 4.79 Å². The number of furan rings is 1. The van der Waals surface area contributed by atoms with Crippen molar-refractivity contribution >= 4 is 5.78 Å². The Balaban J connectivity index is 2.52. The summed E-state index contributed by atoms with van der Waals surface area (Å²) < 4.78 is 5.85. The molecule has 2 N–H and O–H groups in total. The average Bonchev–Trinajstić information content (AvgIpc) is 2.67. The van der Waals surface area contributed by atoms with Crippen molar-refractivity contribution in [2.45, 2.75) is 45.4 Å². The summed E-state index contributed by atoms with van der Waals surface area (Å²) in [6.07, 6.45) is 4.24. The van der Waals surface area contributed by atoms with Crippen LogP contribution in [0.3, 0.4) is 0 Å². The molecule has 3 nitrogen and oxygen atoms in total. The fourth-order valence-electron chi connectivity index (χ4n) is 2.40. The van der Waals surface area contributed by atoms with Gasteiger partial charge in [0.25, 0.3) is 0 Å². The van der Waals surface area contributed by atoms with Crippen molar-refractivity contribution in [2.75, 3.05) is 6.54 Å². The van der Waals surface area contributed by atoms with Gasteiger partial charge in [0, 0.05) is 17.9 Å². The number of fused-ring (bicyclic) bond motifs is 1. The van der Waals surface area contributed by atoms with Gasteiger partial charge in [-0.3, -0.25) is 4.79 Å². The lowest BCUT2D eigenvalue weighted by Gasteiger charge is -2.10. The summed E-state index contributed by atoms with van der Waals surface area (Å²) in [7, 11) is 0. The number of hydrogen-bond donors (Lipinski definition) is 1. The molecule has 0 spiro atoms. The lowest BCUT2D eigenvalue weighted by Crippen LogP contribution is -2.17. The van der Waals surface area contributed by atoms with Crippen LogP contribution in [0.2, 0.25) is 0 Å². The van der Waals surface area contributed by atoms with Crippen LogP contribution in [0.1, 0.15) is 60.0 Å². The maximum Gasteiger partial charge on any atom is 0.180 e. The van der Waals surface area contributed by atoms with E-state index >= 15 is 0 Å². The summed E-state index contributed by atoms with van der Waals surface area (Å²) in [4.78, 5) is 11.9. The van der Waals surface area contributed by atoms with E-state index in [0.29, 0.717) is 0 Å². The van der Waals surface area contributed by atoms with Gasteiger partial charge in [0.15, 0.2) is 5.78 Å². The fourth-order valence-corrected chi connectivity index (χ4v) is 2.40. The highest BCUT2D eigenvalue weighted by atomic mass is 16.3. The smallest absolute Gasteiger partial charge is 0.180 e. The molecule has 0 aromatic carbocycles. The monoisotopic (exact) mass is 221 g/mol. The minimum Gasteiger partial charge on any atom is -0.465 e. The number of hydrogen-bond acceptors (Lipinski definition) is 3. The molecule has 16 heavy (non-hydrogen) atoms. The quantitative estimate of drug-likeness (QED) is 0.797. The molecule has 2 rings (SSSR count). The lowest BCUT2D eigenvalue weighted by atomic mass is 9.91. The molecule has 88 valence electrons. The summed E-state index contributed by atoms with van der Waals surface area (Å²) in [6, 6.07) is 0. The Morgan fingerprint density at radius 3 is 2.69 bits per heavy atom. The first-order chi connectivity index (χ1) is 7.65. The second kappa shape index (κ2) is 4.42. The van der Waals surface area contributed by atoms with Gasteiger partial charge in [-0.2, -0.15) is 0 Å². The summed E-state index contributed by atoms with van der Waals surface area (Å²) in [6.45, 7) is 4.18. The van der Waals surface area contributed by atoms with Gasteiger partial charge in [0.1, 0.15) is 11.5 Å². The van der Waals surface area contributed by atoms with E-state index in [1.165, 1.54) is 0 Å². The third kappa shape index (κ3) is 1.80. The molecule has 0 radical (unpaired) electrons. The number of rotatable bonds is 3. The summed E-state index contributed by atoms with van der Waals surface area (Å²) >= 11 is 0. The third-order valence-electron chi connectivity index (χ3n) is 3.19. The molecule has 1 aromatic heterocycles. The molecular weight excluding hydrogens is 202 g/mol. The number of aryl methyl sites for hydroxylation is 1. The zero-order valence-electron chi connectivity index (χ0n) is 10.0. The second-order valence-electron chi connectivity index (χ2n) is 4.73. The fraction of sp³-hybridized carbons (Fsp3) is 0.615. The minimum absolute atomic E-state index is 0.0237. The van der Waals surface area contributed by atoms with Crippen molar-refractivity contribution in [3.63, 3.8) is 0 Å². The Labute approximate surface area is 96.0 Å². The van der Waals surface area contributed by atoms with Gasteiger partial charge in [-0.25, -0.2) is 0 Å². The molecule has 0 unspecified atom stereocenters. The Bertz CT molecular complexity index is 404. The molecule has 0 saturated heterocycles. The summed E-state index contributed by atoms with van der Waals surface area (Å²) in [5.41, 5.74) is 7.39. The van der Waals surface area contributed by atoms with Gasteiger partial charge in [-0.1, -0.05) is 13.8 Å². The van der Waals surface area contributed by atoms with Crippen LogP contribution >= 0.6 is 0 Å². The maximum absolute atomic E-state index is 11.9. The van der Waals surface area contributed by atoms with Gasteiger partial charge in [0.2, 0.25) is 0 Å². The molecular formula is C13H19NO2. The van der Waals surface area contributed by atoms with E-state index in [2.05, 4.69) is 13.8 Å². The molecule has 0 bridgehead atoms. The van der Waals surface area contributed by atoms with Crippen LogP contribution in [0.5, 0.6) is 0 Å². The van der Waals surface area contributed by atoms with Gasteiger partial charge in [-0.05, 0) is 19.3 Å². The van der Waals surface area contributed by atoms with Crippen LogP contribution in [-0.4, -0.2) is 12.3 Å². The van der Waals surface area contributed by atoms with Gasteiger partial charge < -0.3 is 10.2 Å². The van der Waals surface area contributed by atoms with Crippen molar-refractivity contribution in [3.05, 3.63) is 22.6 Å². The molecule has 0 fully saturated rings. The molecule has 0 atom stereocenters. The van der Waals surface area contributed by atoms with E-state index in [1.54, 1.807) is 0 Å². The first kappa shape index (κ1) is 11.4. The van der Waals surface area contributed by atoms with Gasteiger partial charge in [0.05, 0.1) is 12.1 Å². The molecule has 3 heteroatoms. The number of ketones is 1. The molecule has 0 aliphatic heterocycles. The van der Waals surface area contributed by atoms with Crippen LogP contribution in [0.4, 0.5) is 0 Å². The second-order valence-corrected chi connectivity index (χ2v) is 4.73. The Hall–Kier alpha value is -1.09. The topological polar surface area (TPSA) is 56.2 Å². The van der Waals surface area contributed by atoms with Gasteiger partial charge >= 0.3 is 0 Å². The Morgan fingerprint density at radius 2 is 2.06 bits per heavy atom. The summed E-state index contributed by atoms with van der Waals surface area (Å²) in [5, 5.41) is 0. The van der Waals surface area contributed by atoms with E-state index in [-0.39, 0.29) is 18.2 Å². The average molecular weight is 221 g/mol. The van der Waals surface area contributed by atoms with Crippen LogP contribution < -0.4 is 5.73 Å². The predicted molar refractivity (Wildman–Crippen MR) is 62.8 cm³/mol. The van der Waals surface area contributed by atoms with E-state index in [0.717, 1.165) is 48.3 Å². The number of nitrogens with two attached hydrogens (primary N) is 1. The van der Waals surface area contributed by atoms with Gasteiger partial charge in [-0.15, -0.1) is 0 Å². The summed E-state index contributed by atoms with van der Waals surface area (Å²) in [5.74, 6) is 2.13. The van der Waals surface area contributed by atoms with Crippen molar-refractivity contribution in [3.8, 4) is 0 Å². The largest absolute Gasteiger partial charge is 0.465 e. The lowest BCUT2D eigenvalue weighted by molar-refractivity contribution is 0.0998. The van der Waals surface area contributed by atoms with Crippen LogP contribution in [0, 0.1) is 0 Å². The minimum atomic E-state index is 0.0237. The molecule has 1 aliphatic carbocycles. The number of Topliss-reactive ketones (excluding diaryl/α,β-unsaturated/α-hetero) is 1. The first-order valence-electron chi connectivity index (χ1n) is 6.02. The zero-order valence-corrected chi connectivity index (χ0v) is 10.0. The predicted octanol–water partition coefficient (Wildman–Crippen LogP) is 2.42. The first-order valence-corrected chi connectivity index (χ1v) is 6.02. The highest BCUT2D eigenvalue weighted by molar-refractivity contribution is 6.00. The van der Waals surface area contributed by atoms with Crippen molar-refractivity contribution in [1.82, 2.24) is 0 Å². The van der Waals surface area contributed by atoms with E-state index in [1.807, 2.05) is 0 Å². The normalized spacial score (nSPS) is 15.2. The van der Waals surface area contributed by atoms with E-state index in [4.69, 9.17) is 10.2 Å². The highest BCUT2D eigenvalue weighted by Gasteiger charge is 2.27. The molecule has 1 aromatic rings. The molecule has 0 saturated carbocycles. The van der Waals surface area contributed by atoms with Crippen molar-refractivity contribution < 1.29 is 9.21 Å². The number of carbonyl (C=O) groups is 1. The Kier molecular flexibility index (Phi) is 3.15. The van der Waals surface area contributed by atoms with Crippen LogP contribution in [0.15, 0.2) is 4.42 Å². The molecule has 0 amide bonds. The van der Waals surface area contributed by atoms with Crippen molar-refractivity contribution in [1.29, 1.82) is 0 Å². The molecule has 1 heterocycles. The van der Waals surface area contributed by atoms with Crippen LogP contribution in [-0.2, 0) is 12.8 Å². The number of carbonyl (C=O) groups excluding carboxylic acids is 1. The highest BCUT2D eigenvalue weighted by Crippen LogP contribution is 2.33.